The van der Waals surface area contributed by atoms with Gasteiger partial charge < -0.3 is 5.32 Å². The SMILES string of the molecule is Cc1nnc(SC(C)C(=O)Nc2sccc2C#N)n1-c1ccccc1. The van der Waals surface area contributed by atoms with Crippen molar-refractivity contribution in [3.05, 3.63) is 53.2 Å². The molecule has 3 aromatic rings. The molecule has 2 aromatic heterocycles. The number of rotatable bonds is 5. The molecular weight excluding hydrogens is 354 g/mol. The van der Waals surface area contributed by atoms with Crippen LogP contribution < -0.4 is 5.32 Å². The highest BCUT2D eigenvalue weighted by atomic mass is 32.2. The second kappa shape index (κ2) is 7.51. The van der Waals surface area contributed by atoms with Crippen molar-refractivity contribution >= 4 is 34.0 Å². The van der Waals surface area contributed by atoms with Crippen molar-refractivity contribution in [1.82, 2.24) is 14.8 Å². The van der Waals surface area contributed by atoms with E-state index in [2.05, 4.69) is 21.6 Å². The van der Waals surface area contributed by atoms with Gasteiger partial charge in [0.2, 0.25) is 5.91 Å². The number of amides is 1. The number of benzene rings is 1. The van der Waals surface area contributed by atoms with E-state index in [0.29, 0.717) is 15.7 Å². The van der Waals surface area contributed by atoms with Crippen LogP contribution in [0, 0.1) is 18.3 Å². The Morgan fingerprint density at radius 1 is 1.32 bits per heavy atom. The van der Waals surface area contributed by atoms with Crippen molar-refractivity contribution < 1.29 is 4.79 Å². The molecule has 0 radical (unpaired) electrons. The molecule has 1 N–H and O–H groups in total. The van der Waals surface area contributed by atoms with Crippen LogP contribution in [0.15, 0.2) is 46.9 Å². The molecule has 25 heavy (non-hydrogen) atoms. The summed E-state index contributed by atoms with van der Waals surface area (Å²) >= 11 is 2.66. The standard InChI is InChI=1S/C17H15N5OS2/c1-11(15(23)19-16-13(10-18)8-9-24-16)25-17-21-20-12(2)22(17)14-6-4-3-5-7-14/h3-9,11H,1-2H3,(H,19,23). The van der Waals surface area contributed by atoms with Gasteiger partial charge in [-0.2, -0.15) is 5.26 Å². The average Bonchev–Trinajstić information content (AvgIpc) is 3.21. The zero-order valence-corrected chi connectivity index (χ0v) is 15.3. The minimum absolute atomic E-state index is 0.177. The number of aromatic nitrogens is 3. The molecule has 0 saturated carbocycles. The lowest BCUT2D eigenvalue weighted by Gasteiger charge is -2.12. The van der Waals surface area contributed by atoms with E-state index in [0.717, 1.165) is 11.5 Å². The first-order valence-corrected chi connectivity index (χ1v) is 9.28. The summed E-state index contributed by atoms with van der Waals surface area (Å²) in [4.78, 5) is 12.4. The molecule has 0 bridgehead atoms. The summed E-state index contributed by atoms with van der Waals surface area (Å²) in [6.45, 7) is 3.68. The van der Waals surface area contributed by atoms with Gasteiger partial charge in [-0.25, -0.2) is 0 Å². The van der Waals surface area contributed by atoms with Crippen LogP contribution in [0.2, 0.25) is 0 Å². The number of nitrogens with one attached hydrogen (secondary N) is 1. The van der Waals surface area contributed by atoms with Crippen molar-refractivity contribution in [2.75, 3.05) is 5.32 Å². The molecule has 3 rings (SSSR count). The van der Waals surface area contributed by atoms with Crippen molar-refractivity contribution in [3.63, 3.8) is 0 Å². The summed E-state index contributed by atoms with van der Waals surface area (Å²) in [7, 11) is 0. The summed E-state index contributed by atoms with van der Waals surface area (Å²) < 4.78 is 1.92. The monoisotopic (exact) mass is 369 g/mol. The number of thiophene rings is 1. The van der Waals surface area contributed by atoms with Gasteiger partial charge in [-0.3, -0.25) is 9.36 Å². The molecule has 126 valence electrons. The van der Waals surface area contributed by atoms with Crippen molar-refractivity contribution in [2.24, 2.45) is 0 Å². The van der Waals surface area contributed by atoms with Crippen LogP contribution in [0.5, 0.6) is 0 Å². The second-order valence-electron chi connectivity index (χ2n) is 5.23. The van der Waals surface area contributed by atoms with E-state index in [1.807, 2.05) is 41.8 Å². The number of carbonyl (C=O) groups is 1. The molecule has 1 unspecified atom stereocenters. The molecule has 0 aliphatic carbocycles. The number of nitrogens with zero attached hydrogens (tertiary/aromatic N) is 4. The number of thioether (sulfide) groups is 1. The molecule has 8 heteroatoms. The number of hydrogen-bond acceptors (Lipinski definition) is 6. The van der Waals surface area contributed by atoms with E-state index >= 15 is 0 Å². The first kappa shape index (κ1) is 17.2. The topological polar surface area (TPSA) is 83.6 Å². The fourth-order valence-electron chi connectivity index (χ4n) is 2.21. The van der Waals surface area contributed by atoms with Crippen LogP contribution in [0.3, 0.4) is 0 Å². The molecular formula is C17H15N5OS2. The van der Waals surface area contributed by atoms with Gasteiger partial charge in [0, 0.05) is 5.69 Å². The Labute approximate surface area is 153 Å². The fraction of sp³-hybridized carbons (Fsp3) is 0.176. The summed E-state index contributed by atoms with van der Waals surface area (Å²) in [5.41, 5.74) is 1.42. The largest absolute Gasteiger partial charge is 0.316 e. The van der Waals surface area contributed by atoms with Gasteiger partial charge >= 0.3 is 0 Å². The van der Waals surface area contributed by atoms with Crippen LogP contribution in [0.1, 0.15) is 18.3 Å². The number of nitriles is 1. The second-order valence-corrected chi connectivity index (χ2v) is 7.45. The molecule has 0 aliphatic rings. The number of hydrogen-bond donors (Lipinski definition) is 1. The van der Waals surface area contributed by atoms with E-state index in [1.54, 1.807) is 18.4 Å². The lowest BCUT2D eigenvalue weighted by Crippen LogP contribution is -2.22. The van der Waals surface area contributed by atoms with Crippen molar-refractivity contribution in [1.29, 1.82) is 5.26 Å². The van der Waals surface area contributed by atoms with Gasteiger partial charge in [0.15, 0.2) is 5.16 Å². The predicted octanol–water partition coefficient (Wildman–Crippen LogP) is 3.63. The number of aryl methyl sites for hydroxylation is 1. The van der Waals surface area contributed by atoms with Crippen LogP contribution in [0.25, 0.3) is 5.69 Å². The Morgan fingerprint density at radius 3 is 2.80 bits per heavy atom. The Kier molecular flexibility index (Phi) is 5.16. The minimum Gasteiger partial charge on any atom is -0.316 e. The van der Waals surface area contributed by atoms with E-state index in [4.69, 9.17) is 5.26 Å². The van der Waals surface area contributed by atoms with Crippen molar-refractivity contribution in [2.45, 2.75) is 24.3 Å². The number of para-hydroxylation sites is 1. The maximum atomic E-state index is 12.4. The Morgan fingerprint density at radius 2 is 2.08 bits per heavy atom. The highest BCUT2D eigenvalue weighted by Gasteiger charge is 2.21. The van der Waals surface area contributed by atoms with Crippen molar-refractivity contribution in [3.8, 4) is 11.8 Å². The first-order chi connectivity index (χ1) is 12.1. The summed E-state index contributed by atoms with van der Waals surface area (Å²) in [6.07, 6.45) is 0. The van der Waals surface area contributed by atoms with Crippen LogP contribution in [-0.4, -0.2) is 25.9 Å². The summed E-state index contributed by atoms with van der Waals surface area (Å²) in [6, 6.07) is 13.5. The van der Waals surface area contributed by atoms with Gasteiger partial charge in [-0.1, -0.05) is 30.0 Å². The lowest BCUT2D eigenvalue weighted by molar-refractivity contribution is -0.115. The molecule has 1 amide bonds. The van der Waals surface area contributed by atoms with Gasteiger partial charge in [-0.15, -0.1) is 21.5 Å². The molecule has 2 heterocycles. The molecule has 0 spiro atoms. The molecule has 1 aromatic carbocycles. The quantitative estimate of drug-likeness (QED) is 0.694. The maximum Gasteiger partial charge on any atom is 0.238 e. The van der Waals surface area contributed by atoms with Crippen LogP contribution in [-0.2, 0) is 4.79 Å². The summed E-state index contributed by atoms with van der Waals surface area (Å²) in [5.74, 6) is 0.579. The summed E-state index contributed by atoms with van der Waals surface area (Å²) in [5, 5.41) is 22.8. The van der Waals surface area contributed by atoms with E-state index in [1.165, 1.54) is 23.1 Å². The zero-order chi connectivity index (χ0) is 17.8. The van der Waals surface area contributed by atoms with E-state index < -0.39 is 0 Å². The third-order valence-electron chi connectivity index (χ3n) is 3.48. The third-order valence-corrected chi connectivity index (χ3v) is 5.36. The van der Waals surface area contributed by atoms with Gasteiger partial charge in [0.05, 0.1) is 10.8 Å². The number of anilines is 1. The zero-order valence-electron chi connectivity index (χ0n) is 13.6. The smallest absolute Gasteiger partial charge is 0.238 e. The Bertz CT molecular complexity index is 926. The highest BCUT2D eigenvalue weighted by Crippen LogP contribution is 2.28. The molecule has 0 fully saturated rings. The molecule has 1 atom stereocenters. The van der Waals surface area contributed by atoms with Crippen LogP contribution in [0.4, 0.5) is 5.00 Å². The van der Waals surface area contributed by atoms with Gasteiger partial charge in [0.1, 0.15) is 16.9 Å². The fourth-order valence-corrected chi connectivity index (χ4v) is 3.87. The van der Waals surface area contributed by atoms with Gasteiger partial charge in [0.25, 0.3) is 0 Å². The van der Waals surface area contributed by atoms with E-state index in [9.17, 15) is 4.79 Å². The van der Waals surface area contributed by atoms with Crippen LogP contribution >= 0.6 is 23.1 Å². The third kappa shape index (κ3) is 3.73. The molecule has 0 saturated heterocycles. The Balaban J connectivity index is 1.77. The minimum atomic E-state index is -0.389. The normalized spacial score (nSPS) is 11.7. The molecule has 0 aliphatic heterocycles. The molecule has 6 nitrogen and oxygen atoms in total. The van der Waals surface area contributed by atoms with E-state index in [-0.39, 0.29) is 11.2 Å². The predicted molar refractivity (Wildman–Crippen MR) is 99.1 cm³/mol. The van der Waals surface area contributed by atoms with Gasteiger partial charge in [-0.05, 0) is 37.4 Å². The number of carbonyl (C=O) groups excluding carboxylic acids is 1. The Hall–Kier alpha value is -2.63. The lowest BCUT2D eigenvalue weighted by atomic mass is 10.3. The average molecular weight is 369 g/mol. The first-order valence-electron chi connectivity index (χ1n) is 7.52. The maximum absolute atomic E-state index is 12.4. The highest BCUT2D eigenvalue weighted by molar-refractivity contribution is 8.00.